The fraction of sp³-hybridized carbons (Fsp3) is 0.200. The summed E-state index contributed by atoms with van der Waals surface area (Å²) in [6.07, 6.45) is 3.72. The Morgan fingerprint density at radius 3 is 2.50 bits per heavy atom. The highest BCUT2D eigenvalue weighted by Gasteiger charge is 2.17. The zero-order chi connectivity index (χ0) is 14.1. The van der Waals surface area contributed by atoms with Gasteiger partial charge < -0.3 is 5.11 Å². The summed E-state index contributed by atoms with van der Waals surface area (Å²) in [5.74, 6) is 0.782. The summed E-state index contributed by atoms with van der Waals surface area (Å²) in [5.41, 5.74) is 3.60. The van der Waals surface area contributed by atoms with Crippen LogP contribution in [0.15, 0.2) is 42.7 Å². The highest BCUT2D eigenvalue weighted by molar-refractivity contribution is 5.45. The van der Waals surface area contributed by atoms with E-state index in [1.807, 2.05) is 55.1 Å². The van der Waals surface area contributed by atoms with E-state index in [1.54, 1.807) is 10.9 Å². The van der Waals surface area contributed by atoms with Crippen LogP contribution in [-0.2, 0) is 6.61 Å². The van der Waals surface area contributed by atoms with Gasteiger partial charge in [0.15, 0.2) is 5.82 Å². The molecular formula is C15H16N4O. The molecule has 0 fully saturated rings. The predicted octanol–water partition coefficient (Wildman–Crippen LogP) is 2.17. The molecule has 0 atom stereocenters. The normalized spacial score (nSPS) is 10.9. The molecule has 0 aliphatic carbocycles. The van der Waals surface area contributed by atoms with E-state index < -0.39 is 0 Å². The summed E-state index contributed by atoms with van der Waals surface area (Å²) in [4.78, 5) is 0. The van der Waals surface area contributed by atoms with E-state index in [9.17, 15) is 5.11 Å². The Morgan fingerprint density at radius 1 is 1.15 bits per heavy atom. The maximum Gasteiger partial charge on any atom is 0.162 e. The van der Waals surface area contributed by atoms with Crippen LogP contribution in [-0.4, -0.2) is 24.7 Å². The van der Waals surface area contributed by atoms with Crippen molar-refractivity contribution in [3.8, 4) is 11.5 Å². The first-order chi connectivity index (χ1) is 9.70. The highest BCUT2D eigenvalue weighted by atomic mass is 16.3. The molecule has 2 heterocycles. The van der Waals surface area contributed by atoms with Crippen molar-refractivity contribution in [3.63, 3.8) is 0 Å². The van der Waals surface area contributed by atoms with Crippen molar-refractivity contribution < 1.29 is 5.11 Å². The molecule has 20 heavy (non-hydrogen) atoms. The molecule has 0 aliphatic rings. The Kier molecular flexibility index (Phi) is 3.12. The third kappa shape index (κ3) is 2.02. The van der Waals surface area contributed by atoms with Gasteiger partial charge in [-0.3, -0.25) is 0 Å². The lowest BCUT2D eigenvalue weighted by Crippen LogP contribution is -2.07. The van der Waals surface area contributed by atoms with Gasteiger partial charge in [0.2, 0.25) is 0 Å². The van der Waals surface area contributed by atoms with Crippen LogP contribution in [0.3, 0.4) is 0 Å². The van der Waals surface area contributed by atoms with E-state index >= 15 is 0 Å². The van der Waals surface area contributed by atoms with Crippen molar-refractivity contribution in [1.82, 2.24) is 19.6 Å². The van der Waals surface area contributed by atoms with E-state index in [4.69, 9.17) is 0 Å². The van der Waals surface area contributed by atoms with Gasteiger partial charge in [-0.1, -0.05) is 18.2 Å². The molecule has 1 aromatic carbocycles. The molecule has 3 aromatic rings. The minimum Gasteiger partial charge on any atom is -0.391 e. The van der Waals surface area contributed by atoms with Crippen molar-refractivity contribution in [1.29, 1.82) is 0 Å². The van der Waals surface area contributed by atoms with E-state index in [-0.39, 0.29) is 6.61 Å². The first-order valence-corrected chi connectivity index (χ1v) is 6.47. The molecule has 2 aromatic heterocycles. The molecule has 5 nitrogen and oxygen atoms in total. The molecular weight excluding hydrogens is 252 g/mol. The number of aliphatic hydroxyl groups is 1. The summed E-state index contributed by atoms with van der Waals surface area (Å²) in [6.45, 7) is 3.82. The second-order valence-corrected chi connectivity index (χ2v) is 4.76. The first-order valence-electron chi connectivity index (χ1n) is 6.47. The average Bonchev–Trinajstić information content (AvgIpc) is 3.03. The predicted molar refractivity (Wildman–Crippen MR) is 76.1 cm³/mol. The van der Waals surface area contributed by atoms with Crippen molar-refractivity contribution in [2.75, 3.05) is 0 Å². The number of aromatic nitrogens is 4. The van der Waals surface area contributed by atoms with Crippen LogP contribution < -0.4 is 0 Å². The van der Waals surface area contributed by atoms with E-state index in [0.717, 1.165) is 28.3 Å². The summed E-state index contributed by atoms with van der Waals surface area (Å²) in [6, 6.07) is 9.84. The van der Waals surface area contributed by atoms with E-state index in [1.165, 1.54) is 0 Å². The van der Waals surface area contributed by atoms with Crippen LogP contribution >= 0.6 is 0 Å². The molecule has 0 bridgehead atoms. The molecule has 0 amide bonds. The highest BCUT2D eigenvalue weighted by Crippen LogP contribution is 2.22. The second-order valence-electron chi connectivity index (χ2n) is 4.76. The maximum atomic E-state index is 9.63. The van der Waals surface area contributed by atoms with Gasteiger partial charge in [-0.15, -0.1) is 0 Å². The van der Waals surface area contributed by atoms with Crippen LogP contribution in [0.2, 0.25) is 0 Å². The maximum absolute atomic E-state index is 9.63. The number of aliphatic hydroxyl groups excluding tert-OH is 1. The van der Waals surface area contributed by atoms with Gasteiger partial charge in [0.1, 0.15) is 0 Å². The summed E-state index contributed by atoms with van der Waals surface area (Å²) < 4.78 is 3.57. The van der Waals surface area contributed by atoms with E-state index in [0.29, 0.717) is 0 Å². The average molecular weight is 268 g/mol. The molecule has 102 valence electrons. The quantitative estimate of drug-likeness (QED) is 0.792. The van der Waals surface area contributed by atoms with Gasteiger partial charge in [0, 0.05) is 11.8 Å². The largest absolute Gasteiger partial charge is 0.391 e. The van der Waals surface area contributed by atoms with Gasteiger partial charge in [-0.25, -0.2) is 9.36 Å². The first kappa shape index (κ1) is 12.6. The number of benzene rings is 1. The zero-order valence-electron chi connectivity index (χ0n) is 11.5. The monoisotopic (exact) mass is 268 g/mol. The van der Waals surface area contributed by atoms with Crippen LogP contribution in [0.4, 0.5) is 0 Å². The van der Waals surface area contributed by atoms with Crippen LogP contribution in [0.1, 0.15) is 16.8 Å². The van der Waals surface area contributed by atoms with Gasteiger partial charge in [-0.2, -0.15) is 10.2 Å². The summed E-state index contributed by atoms with van der Waals surface area (Å²) in [5, 5.41) is 18.5. The van der Waals surface area contributed by atoms with Gasteiger partial charge in [-0.05, 0) is 31.5 Å². The number of nitrogens with zero attached hydrogens (tertiary/aromatic N) is 4. The molecule has 0 spiro atoms. The van der Waals surface area contributed by atoms with Crippen molar-refractivity contribution in [2.24, 2.45) is 0 Å². The van der Waals surface area contributed by atoms with Gasteiger partial charge in [0.05, 0.1) is 24.2 Å². The molecule has 0 aliphatic heterocycles. The lowest BCUT2D eigenvalue weighted by molar-refractivity contribution is 0.280. The third-order valence-electron chi connectivity index (χ3n) is 3.24. The Balaban J connectivity index is 2.25. The van der Waals surface area contributed by atoms with Gasteiger partial charge in [0.25, 0.3) is 0 Å². The lowest BCUT2D eigenvalue weighted by Gasteiger charge is -2.08. The minimum absolute atomic E-state index is 0.0626. The number of hydrogen-bond donors (Lipinski definition) is 1. The molecule has 0 saturated heterocycles. The fourth-order valence-corrected chi connectivity index (χ4v) is 2.25. The smallest absolute Gasteiger partial charge is 0.162 e. The van der Waals surface area contributed by atoms with Crippen LogP contribution in [0, 0.1) is 13.8 Å². The third-order valence-corrected chi connectivity index (χ3v) is 3.24. The molecule has 3 rings (SSSR count). The fourth-order valence-electron chi connectivity index (χ4n) is 2.25. The second kappa shape index (κ2) is 4.94. The van der Waals surface area contributed by atoms with Gasteiger partial charge >= 0.3 is 0 Å². The number of hydrogen-bond acceptors (Lipinski definition) is 3. The zero-order valence-corrected chi connectivity index (χ0v) is 11.5. The minimum atomic E-state index is -0.0626. The molecule has 0 radical (unpaired) electrons. The topological polar surface area (TPSA) is 55.9 Å². The summed E-state index contributed by atoms with van der Waals surface area (Å²) >= 11 is 0. The molecule has 1 N–H and O–H groups in total. The summed E-state index contributed by atoms with van der Waals surface area (Å²) in [7, 11) is 0. The van der Waals surface area contributed by atoms with Crippen LogP contribution in [0.25, 0.3) is 11.5 Å². The molecule has 0 saturated carbocycles. The Bertz CT molecular complexity index is 728. The molecule has 0 unspecified atom stereocenters. The number of aryl methyl sites for hydroxylation is 2. The number of para-hydroxylation sites is 1. The Morgan fingerprint density at radius 2 is 1.90 bits per heavy atom. The molecule has 5 heteroatoms. The van der Waals surface area contributed by atoms with Crippen molar-refractivity contribution in [3.05, 3.63) is 59.5 Å². The number of rotatable bonds is 3. The Labute approximate surface area is 117 Å². The lowest BCUT2D eigenvalue weighted by atomic mass is 10.2. The van der Waals surface area contributed by atoms with Crippen LogP contribution in [0.5, 0.6) is 0 Å². The van der Waals surface area contributed by atoms with E-state index in [2.05, 4.69) is 10.2 Å². The Hall–Kier alpha value is -2.40. The van der Waals surface area contributed by atoms with Crippen molar-refractivity contribution >= 4 is 0 Å². The standard InChI is InChI=1S/C15H16N4O/c1-11-8-16-18(9-11)15-14(10-20)12(2)17-19(15)13-6-4-3-5-7-13/h3-9,20H,10H2,1-2H3. The SMILES string of the molecule is Cc1cnn(-c2c(CO)c(C)nn2-c2ccccc2)c1. The van der Waals surface area contributed by atoms with Crippen molar-refractivity contribution in [2.45, 2.75) is 20.5 Å².